The van der Waals surface area contributed by atoms with Crippen LogP contribution in [0.1, 0.15) is 32.6 Å². The van der Waals surface area contributed by atoms with Gasteiger partial charge in [0.25, 0.3) is 0 Å². The van der Waals surface area contributed by atoms with Gasteiger partial charge < -0.3 is 4.74 Å². The Morgan fingerprint density at radius 3 is 1.94 bits per heavy atom. The van der Waals surface area contributed by atoms with Gasteiger partial charge in [-0.1, -0.05) is 35.9 Å². The third kappa shape index (κ3) is 4.06. The second-order valence-electron chi connectivity index (χ2n) is 7.95. The summed E-state index contributed by atoms with van der Waals surface area (Å²) in [6.07, 6.45) is 0. The number of esters is 1. The fourth-order valence-corrected chi connectivity index (χ4v) is 3.94. The summed E-state index contributed by atoms with van der Waals surface area (Å²) in [6.45, 7) is 7.20. The van der Waals surface area contributed by atoms with Crippen LogP contribution in [0.25, 0.3) is 21.9 Å². The molecule has 0 saturated heterocycles. The largest absolute Gasteiger partial charge is 0.423 e. The highest BCUT2D eigenvalue weighted by atomic mass is 19.1. The van der Waals surface area contributed by atoms with Gasteiger partial charge in [0, 0.05) is 5.56 Å². The molecule has 31 heavy (non-hydrogen) atoms. The molecule has 0 aliphatic heterocycles. The molecule has 0 atom stereocenters. The molecule has 4 aromatic carbocycles. The van der Waals surface area contributed by atoms with E-state index in [0.717, 1.165) is 27.5 Å². The fraction of sp³-hybridized carbons (Fsp3) is 0.148. The lowest BCUT2D eigenvalue weighted by molar-refractivity contribution is 0.0733. The second kappa shape index (κ2) is 7.95. The van der Waals surface area contributed by atoms with E-state index >= 15 is 0 Å². The van der Waals surface area contributed by atoms with Crippen molar-refractivity contribution in [3.05, 3.63) is 100 Å². The molecular weight excluding hydrogens is 394 g/mol. The number of hydrogen-bond acceptors (Lipinski definition) is 2. The van der Waals surface area contributed by atoms with E-state index in [1.807, 2.05) is 51.1 Å². The molecular formula is C27H22F2O2. The minimum atomic E-state index is -0.570. The van der Waals surface area contributed by atoms with Crippen LogP contribution in [0.15, 0.2) is 60.7 Å². The summed E-state index contributed by atoms with van der Waals surface area (Å²) >= 11 is 0. The van der Waals surface area contributed by atoms with Crippen LogP contribution in [0.3, 0.4) is 0 Å². The van der Waals surface area contributed by atoms with E-state index in [9.17, 15) is 13.6 Å². The molecule has 4 rings (SSSR count). The Labute approximate surface area is 180 Å². The molecule has 0 aromatic heterocycles. The first kappa shape index (κ1) is 20.7. The Morgan fingerprint density at radius 1 is 0.710 bits per heavy atom. The summed E-state index contributed by atoms with van der Waals surface area (Å²) in [5, 5.41) is 1.74. The van der Waals surface area contributed by atoms with Gasteiger partial charge in [-0.3, -0.25) is 0 Å². The zero-order chi connectivity index (χ0) is 22.3. The molecule has 0 spiro atoms. The van der Waals surface area contributed by atoms with Crippen molar-refractivity contribution in [3.8, 4) is 16.9 Å². The summed E-state index contributed by atoms with van der Waals surface area (Å²) in [7, 11) is 0. The van der Waals surface area contributed by atoms with Gasteiger partial charge in [0.1, 0.15) is 17.4 Å². The predicted octanol–water partition coefficient (Wildman–Crippen LogP) is 7.24. The highest BCUT2D eigenvalue weighted by Crippen LogP contribution is 2.29. The van der Waals surface area contributed by atoms with Crippen molar-refractivity contribution in [2.45, 2.75) is 27.7 Å². The molecule has 4 heteroatoms. The number of carbonyl (C=O) groups is 1. The first-order valence-electron chi connectivity index (χ1n) is 10.0. The fourth-order valence-electron chi connectivity index (χ4n) is 3.94. The number of hydrogen-bond donors (Lipinski definition) is 0. The average molecular weight is 416 g/mol. The molecule has 0 aliphatic rings. The van der Waals surface area contributed by atoms with E-state index < -0.39 is 17.6 Å². The van der Waals surface area contributed by atoms with E-state index in [2.05, 4.69) is 0 Å². The molecule has 156 valence electrons. The standard InChI is InChI=1S/C27H22F2O2/c1-15-9-16(2)26(17(3)10-15)27(30)31-23-8-7-19-11-20(5-6-21(19)12-23)22-13-24(28)18(4)25(29)14-22/h5-14H,1-4H3. The van der Waals surface area contributed by atoms with Gasteiger partial charge in [0.05, 0.1) is 5.56 Å². The normalized spacial score (nSPS) is 11.0. The van der Waals surface area contributed by atoms with E-state index in [1.54, 1.807) is 18.2 Å². The Kier molecular flexibility index (Phi) is 5.32. The number of benzene rings is 4. The Hall–Kier alpha value is -3.53. The molecule has 0 saturated carbocycles. The van der Waals surface area contributed by atoms with Crippen LogP contribution in [0.5, 0.6) is 5.75 Å². The predicted molar refractivity (Wildman–Crippen MR) is 120 cm³/mol. The maximum absolute atomic E-state index is 13.9. The van der Waals surface area contributed by atoms with Crippen LogP contribution in [0.2, 0.25) is 0 Å². The summed E-state index contributed by atoms with van der Waals surface area (Å²) in [4.78, 5) is 12.7. The van der Waals surface area contributed by atoms with Crippen molar-refractivity contribution in [1.82, 2.24) is 0 Å². The van der Waals surface area contributed by atoms with Crippen molar-refractivity contribution < 1.29 is 18.3 Å². The topological polar surface area (TPSA) is 26.3 Å². The molecule has 0 N–H and O–H groups in total. The van der Waals surface area contributed by atoms with Crippen LogP contribution in [0, 0.1) is 39.3 Å². The maximum atomic E-state index is 13.9. The molecule has 0 heterocycles. The van der Waals surface area contributed by atoms with Crippen molar-refractivity contribution in [2.75, 3.05) is 0 Å². The minimum Gasteiger partial charge on any atom is -0.423 e. The van der Waals surface area contributed by atoms with Gasteiger partial charge in [-0.2, -0.15) is 0 Å². The lowest BCUT2D eigenvalue weighted by atomic mass is 9.99. The lowest BCUT2D eigenvalue weighted by Gasteiger charge is -2.12. The number of aryl methyl sites for hydroxylation is 3. The number of rotatable bonds is 3. The molecule has 0 unspecified atom stereocenters. The van der Waals surface area contributed by atoms with Gasteiger partial charge >= 0.3 is 5.97 Å². The van der Waals surface area contributed by atoms with Crippen molar-refractivity contribution in [2.24, 2.45) is 0 Å². The average Bonchev–Trinajstić information content (AvgIpc) is 2.70. The maximum Gasteiger partial charge on any atom is 0.344 e. The van der Waals surface area contributed by atoms with Crippen LogP contribution < -0.4 is 4.74 Å². The molecule has 0 bridgehead atoms. The Morgan fingerprint density at radius 2 is 1.29 bits per heavy atom. The first-order chi connectivity index (χ1) is 14.7. The van der Waals surface area contributed by atoms with E-state index in [1.165, 1.54) is 19.1 Å². The van der Waals surface area contributed by atoms with Gasteiger partial charge in [-0.25, -0.2) is 13.6 Å². The van der Waals surface area contributed by atoms with Crippen LogP contribution in [-0.2, 0) is 0 Å². The third-order valence-corrected chi connectivity index (χ3v) is 5.52. The Balaban J connectivity index is 1.64. The zero-order valence-electron chi connectivity index (χ0n) is 17.8. The third-order valence-electron chi connectivity index (χ3n) is 5.52. The number of carbonyl (C=O) groups excluding carboxylic acids is 1. The lowest BCUT2D eigenvalue weighted by Crippen LogP contribution is -2.12. The van der Waals surface area contributed by atoms with Gasteiger partial charge in [-0.15, -0.1) is 0 Å². The van der Waals surface area contributed by atoms with Crippen LogP contribution in [0.4, 0.5) is 8.78 Å². The molecule has 4 aromatic rings. The summed E-state index contributed by atoms with van der Waals surface area (Å²) < 4.78 is 33.5. The summed E-state index contributed by atoms with van der Waals surface area (Å²) in [5.41, 5.74) is 4.63. The van der Waals surface area contributed by atoms with Crippen LogP contribution in [-0.4, -0.2) is 5.97 Å². The Bertz CT molecular complexity index is 1290. The monoisotopic (exact) mass is 416 g/mol. The number of ether oxygens (including phenoxy) is 1. The molecule has 0 aliphatic carbocycles. The van der Waals surface area contributed by atoms with E-state index in [-0.39, 0.29) is 5.56 Å². The number of halogens is 2. The molecule has 2 nitrogen and oxygen atoms in total. The highest BCUT2D eigenvalue weighted by molar-refractivity contribution is 5.95. The minimum absolute atomic E-state index is 0.00930. The van der Waals surface area contributed by atoms with Crippen molar-refractivity contribution in [1.29, 1.82) is 0 Å². The quantitative estimate of drug-likeness (QED) is 0.260. The van der Waals surface area contributed by atoms with Crippen LogP contribution >= 0.6 is 0 Å². The van der Waals surface area contributed by atoms with Gasteiger partial charge in [-0.05, 0) is 91.1 Å². The molecule has 0 radical (unpaired) electrons. The summed E-state index contributed by atoms with van der Waals surface area (Å²) in [5.74, 6) is -1.09. The highest BCUT2D eigenvalue weighted by Gasteiger charge is 2.16. The summed E-state index contributed by atoms with van der Waals surface area (Å²) in [6, 6.07) is 17.4. The van der Waals surface area contributed by atoms with Crippen molar-refractivity contribution >= 4 is 16.7 Å². The van der Waals surface area contributed by atoms with E-state index in [0.29, 0.717) is 22.4 Å². The van der Waals surface area contributed by atoms with E-state index in [4.69, 9.17) is 4.74 Å². The smallest absolute Gasteiger partial charge is 0.344 e. The second-order valence-corrected chi connectivity index (χ2v) is 7.95. The van der Waals surface area contributed by atoms with Crippen molar-refractivity contribution in [3.63, 3.8) is 0 Å². The SMILES string of the molecule is Cc1cc(C)c(C(=O)Oc2ccc3cc(-c4cc(F)c(C)c(F)c4)ccc3c2)c(C)c1. The van der Waals surface area contributed by atoms with Gasteiger partial charge in [0.15, 0.2) is 0 Å². The molecule has 0 fully saturated rings. The molecule has 0 amide bonds. The zero-order valence-corrected chi connectivity index (χ0v) is 17.8. The van der Waals surface area contributed by atoms with Gasteiger partial charge in [0.2, 0.25) is 0 Å². The number of fused-ring (bicyclic) bond motifs is 1. The first-order valence-corrected chi connectivity index (χ1v) is 10.0.